The van der Waals surface area contributed by atoms with Gasteiger partial charge in [0.05, 0.1) is 6.54 Å². The second-order valence-electron chi connectivity index (χ2n) is 5.30. The molecule has 1 rings (SSSR count). The Morgan fingerprint density at radius 1 is 1.32 bits per heavy atom. The van der Waals surface area contributed by atoms with Crippen molar-refractivity contribution in [1.82, 2.24) is 9.80 Å². The van der Waals surface area contributed by atoms with E-state index in [-0.39, 0.29) is 19.6 Å². The van der Waals surface area contributed by atoms with Crippen LogP contribution in [0, 0.1) is 0 Å². The highest BCUT2D eigenvalue weighted by Gasteiger charge is 2.39. The first-order valence-corrected chi connectivity index (χ1v) is 5.87. The molecule has 6 nitrogen and oxygen atoms in total. The highest BCUT2D eigenvalue weighted by Crippen LogP contribution is 2.19. The first-order chi connectivity index (χ1) is 8.61. The number of alkyl halides is 2. The molecule has 1 aliphatic heterocycles. The maximum absolute atomic E-state index is 12.8. The SMILES string of the molecule is CC(C)(C)OC(=O)N1CCN(C(=O)O)C(C(F)F)C1. The Bertz CT molecular complexity index is 357. The fourth-order valence-corrected chi connectivity index (χ4v) is 1.76. The number of hydrogen-bond donors (Lipinski definition) is 1. The van der Waals surface area contributed by atoms with Crippen LogP contribution in [0.4, 0.5) is 18.4 Å². The highest BCUT2D eigenvalue weighted by molar-refractivity contribution is 5.70. The van der Waals surface area contributed by atoms with Crippen LogP contribution in [0.15, 0.2) is 0 Å². The van der Waals surface area contributed by atoms with E-state index in [9.17, 15) is 18.4 Å². The van der Waals surface area contributed by atoms with Crippen LogP contribution in [0.2, 0.25) is 0 Å². The van der Waals surface area contributed by atoms with Crippen molar-refractivity contribution >= 4 is 12.2 Å². The molecule has 1 N–H and O–H groups in total. The van der Waals surface area contributed by atoms with E-state index in [0.717, 1.165) is 4.90 Å². The van der Waals surface area contributed by atoms with Crippen molar-refractivity contribution in [3.05, 3.63) is 0 Å². The number of halogens is 2. The summed E-state index contributed by atoms with van der Waals surface area (Å²) in [6.45, 7) is 4.54. The molecule has 2 amide bonds. The number of rotatable bonds is 1. The first kappa shape index (κ1) is 15.5. The van der Waals surface area contributed by atoms with Gasteiger partial charge < -0.3 is 14.7 Å². The number of carbonyl (C=O) groups is 2. The van der Waals surface area contributed by atoms with Crippen LogP contribution in [0.3, 0.4) is 0 Å². The molecule has 1 heterocycles. The molecule has 0 aromatic carbocycles. The second-order valence-corrected chi connectivity index (χ2v) is 5.30. The van der Waals surface area contributed by atoms with E-state index >= 15 is 0 Å². The Hall–Kier alpha value is -1.60. The molecule has 19 heavy (non-hydrogen) atoms. The van der Waals surface area contributed by atoms with Gasteiger partial charge in [0, 0.05) is 13.1 Å². The van der Waals surface area contributed by atoms with E-state index < -0.39 is 30.3 Å². The maximum Gasteiger partial charge on any atom is 0.410 e. The first-order valence-electron chi connectivity index (χ1n) is 5.87. The fourth-order valence-electron chi connectivity index (χ4n) is 1.76. The smallest absolute Gasteiger partial charge is 0.410 e. The van der Waals surface area contributed by atoms with Crippen LogP contribution >= 0.6 is 0 Å². The van der Waals surface area contributed by atoms with E-state index in [4.69, 9.17) is 9.84 Å². The highest BCUT2D eigenvalue weighted by atomic mass is 19.3. The number of nitrogens with zero attached hydrogens (tertiary/aromatic N) is 2. The van der Waals surface area contributed by atoms with Gasteiger partial charge in [-0.15, -0.1) is 0 Å². The summed E-state index contributed by atoms with van der Waals surface area (Å²) in [4.78, 5) is 24.4. The normalized spacial score (nSPS) is 20.6. The van der Waals surface area contributed by atoms with Gasteiger partial charge in [0.15, 0.2) is 0 Å². The molecule has 1 fully saturated rings. The molecular formula is C11H18F2N2O4. The van der Waals surface area contributed by atoms with Crippen molar-refractivity contribution in [1.29, 1.82) is 0 Å². The molecule has 110 valence electrons. The molecule has 0 spiro atoms. The zero-order valence-corrected chi connectivity index (χ0v) is 11.1. The number of amides is 2. The van der Waals surface area contributed by atoms with E-state index in [1.807, 2.05) is 0 Å². The van der Waals surface area contributed by atoms with Gasteiger partial charge in [0.1, 0.15) is 11.6 Å². The Morgan fingerprint density at radius 3 is 2.32 bits per heavy atom. The minimum atomic E-state index is -2.85. The number of ether oxygens (including phenoxy) is 1. The van der Waals surface area contributed by atoms with Crippen LogP contribution in [0.25, 0.3) is 0 Å². The van der Waals surface area contributed by atoms with Crippen molar-refractivity contribution in [3.8, 4) is 0 Å². The lowest BCUT2D eigenvalue weighted by Crippen LogP contribution is -2.59. The van der Waals surface area contributed by atoms with Crippen LogP contribution in [-0.4, -0.2) is 64.8 Å². The lowest BCUT2D eigenvalue weighted by Gasteiger charge is -2.39. The van der Waals surface area contributed by atoms with E-state index in [0.29, 0.717) is 4.90 Å². The minimum absolute atomic E-state index is 0.0461. The molecule has 0 aliphatic carbocycles. The fraction of sp³-hybridized carbons (Fsp3) is 0.818. The minimum Gasteiger partial charge on any atom is -0.465 e. The third-order valence-corrected chi connectivity index (χ3v) is 2.61. The van der Waals surface area contributed by atoms with Gasteiger partial charge in [-0.1, -0.05) is 0 Å². The van der Waals surface area contributed by atoms with E-state index in [1.165, 1.54) is 0 Å². The van der Waals surface area contributed by atoms with Crippen molar-refractivity contribution in [2.24, 2.45) is 0 Å². The standard InChI is InChI=1S/C11H18F2N2O4/c1-11(2,3)19-10(18)14-4-5-15(9(16)17)7(6-14)8(12)13/h7-8H,4-6H2,1-3H3,(H,16,17). The molecule has 0 radical (unpaired) electrons. The van der Waals surface area contributed by atoms with Gasteiger partial charge in [-0.2, -0.15) is 0 Å². The van der Waals surface area contributed by atoms with E-state index in [2.05, 4.69) is 0 Å². The predicted molar refractivity (Wildman–Crippen MR) is 62.3 cm³/mol. The van der Waals surface area contributed by atoms with Crippen LogP contribution in [0.5, 0.6) is 0 Å². The largest absolute Gasteiger partial charge is 0.465 e. The Morgan fingerprint density at radius 2 is 1.89 bits per heavy atom. The average molecular weight is 280 g/mol. The van der Waals surface area contributed by atoms with Crippen LogP contribution in [0.1, 0.15) is 20.8 Å². The third-order valence-electron chi connectivity index (χ3n) is 2.61. The van der Waals surface area contributed by atoms with Gasteiger partial charge in [-0.05, 0) is 20.8 Å². The maximum atomic E-state index is 12.8. The van der Waals surface area contributed by atoms with Crippen molar-refractivity contribution < 1.29 is 28.2 Å². The molecule has 1 unspecified atom stereocenters. The molecular weight excluding hydrogens is 262 g/mol. The van der Waals surface area contributed by atoms with Crippen molar-refractivity contribution in [2.75, 3.05) is 19.6 Å². The number of piperazine rings is 1. The number of hydrogen-bond acceptors (Lipinski definition) is 3. The van der Waals surface area contributed by atoms with E-state index in [1.54, 1.807) is 20.8 Å². The molecule has 1 atom stereocenters. The van der Waals surface area contributed by atoms with Crippen molar-refractivity contribution in [3.63, 3.8) is 0 Å². The zero-order chi connectivity index (χ0) is 14.8. The molecule has 0 aromatic rings. The Balaban J connectivity index is 2.71. The lowest BCUT2D eigenvalue weighted by molar-refractivity contribution is -0.0289. The summed E-state index contributed by atoms with van der Waals surface area (Å²) in [5.41, 5.74) is -0.721. The van der Waals surface area contributed by atoms with Gasteiger partial charge in [-0.25, -0.2) is 18.4 Å². The number of carboxylic acid groups (broad SMARTS) is 1. The second kappa shape index (κ2) is 5.58. The van der Waals surface area contributed by atoms with Crippen LogP contribution in [-0.2, 0) is 4.74 Å². The summed E-state index contributed by atoms with van der Waals surface area (Å²) in [5.74, 6) is 0. The van der Waals surface area contributed by atoms with Gasteiger partial charge in [0.2, 0.25) is 0 Å². The summed E-state index contributed by atoms with van der Waals surface area (Å²) in [5, 5.41) is 8.83. The summed E-state index contributed by atoms with van der Waals surface area (Å²) in [6, 6.07) is -1.52. The molecule has 0 saturated carbocycles. The Labute approximate surface area is 109 Å². The quantitative estimate of drug-likeness (QED) is 0.795. The van der Waals surface area contributed by atoms with Gasteiger partial charge >= 0.3 is 12.2 Å². The summed E-state index contributed by atoms with van der Waals surface area (Å²) in [6.07, 6.45) is -4.96. The molecule has 8 heteroatoms. The summed E-state index contributed by atoms with van der Waals surface area (Å²) >= 11 is 0. The zero-order valence-electron chi connectivity index (χ0n) is 11.1. The average Bonchev–Trinajstić information content (AvgIpc) is 2.25. The monoisotopic (exact) mass is 280 g/mol. The summed E-state index contributed by atoms with van der Waals surface area (Å²) < 4.78 is 30.7. The molecule has 1 saturated heterocycles. The lowest BCUT2D eigenvalue weighted by atomic mass is 10.2. The molecule has 0 aromatic heterocycles. The number of carbonyl (C=O) groups excluding carboxylic acids is 1. The third kappa shape index (κ3) is 4.22. The van der Waals surface area contributed by atoms with Crippen molar-refractivity contribution in [2.45, 2.75) is 38.8 Å². The summed E-state index contributed by atoms with van der Waals surface area (Å²) in [7, 11) is 0. The molecule has 0 bridgehead atoms. The topological polar surface area (TPSA) is 70.1 Å². The van der Waals surface area contributed by atoms with Crippen LogP contribution < -0.4 is 0 Å². The molecule has 1 aliphatic rings. The van der Waals surface area contributed by atoms with Gasteiger partial charge in [-0.3, -0.25) is 4.90 Å². The Kier molecular flexibility index (Phi) is 4.54. The predicted octanol–water partition coefficient (Wildman–Crippen LogP) is 1.85. The van der Waals surface area contributed by atoms with Gasteiger partial charge in [0.25, 0.3) is 6.43 Å².